The Morgan fingerprint density at radius 2 is 2.00 bits per heavy atom. The van der Waals surface area contributed by atoms with Gasteiger partial charge in [-0.1, -0.05) is 23.7 Å². The zero-order chi connectivity index (χ0) is 14.4. The molecule has 0 radical (unpaired) electrons. The highest BCUT2D eigenvalue weighted by molar-refractivity contribution is 7.99. The van der Waals surface area contributed by atoms with Gasteiger partial charge in [-0.15, -0.1) is 11.8 Å². The van der Waals surface area contributed by atoms with Gasteiger partial charge in [-0.3, -0.25) is 4.79 Å². The van der Waals surface area contributed by atoms with Crippen LogP contribution in [0.3, 0.4) is 0 Å². The number of amides is 1. The number of anilines is 2. The molecule has 20 heavy (non-hydrogen) atoms. The summed E-state index contributed by atoms with van der Waals surface area (Å²) < 4.78 is 0. The van der Waals surface area contributed by atoms with Gasteiger partial charge in [-0.05, 0) is 36.4 Å². The molecule has 3 nitrogen and oxygen atoms in total. The van der Waals surface area contributed by atoms with Crippen molar-refractivity contribution >= 4 is 40.6 Å². The van der Waals surface area contributed by atoms with Crippen molar-refractivity contribution in [3.63, 3.8) is 0 Å². The lowest BCUT2D eigenvalue weighted by atomic mass is 10.3. The fraction of sp³-hybridized carbons (Fsp3) is 0.133. The Labute approximate surface area is 127 Å². The molecule has 0 aliphatic carbocycles. The van der Waals surface area contributed by atoms with E-state index in [-0.39, 0.29) is 5.91 Å². The summed E-state index contributed by atoms with van der Waals surface area (Å²) in [7, 11) is 0. The first-order valence-corrected chi connectivity index (χ1v) is 7.53. The van der Waals surface area contributed by atoms with Gasteiger partial charge in [0.05, 0.1) is 0 Å². The molecular weight excluding hydrogens is 292 g/mol. The van der Waals surface area contributed by atoms with E-state index in [9.17, 15) is 4.79 Å². The molecule has 0 saturated heterocycles. The smallest absolute Gasteiger partial charge is 0.225 e. The number of halogens is 1. The maximum Gasteiger partial charge on any atom is 0.225 e. The van der Waals surface area contributed by atoms with E-state index >= 15 is 0 Å². The van der Waals surface area contributed by atoms with Crippen molar-refractivity contribution in [2.24, 2.45) is 0 Å². The topological polar surface area (TPSA) is 55.1 Å². The number of carbonyl (C=O) groups is 1. The molecule has 0 bridgehead atoms. The first kappa shape index (κ1) is 14.8. The minimum Gasteiger partial charge on any atom is -0.399 e. The Morgan fingerprint density at radius 1 is 1.20 bits per heavy atom. The molecule has 104 valence electrons. The highest BCUT2D eigenvalue weighted by Gasteiger charge is 2.03. The average molecular weight is 307 g/mol. The van der Waals surface area contributed by atoms with E-state index in [2.05, 4.69) is 5.32 Å². The number of nitrogens with two attached hydrogens (primary N) is 1. The molecule has 0 spiro atoms. The SMILES string of the molecule is Nc1cccc(NC(=O)CCSc2cccc(Cl)c2)c1. The number of rotatable bonds is 5. The summed E-state index contributed by atoms with van der Waals surface area (Å²) in [6.45, 7) is 0. The number of nitrogen functional groups attached to an aromatic ring is 1. The molecule has 0 aliphatic rings. The van der Waals surface area contributed by atoms with E-state index in [1.807, 2.05) is 36.4 Å². The van der Waals surface area contributed by atoms with Crippen LogP contribution >= 0.6 is 23.4 Å². The minimum atomic E-state index is -0.0230. The van der Waals surface area contributed by atoms with Gasteiger partial charge in [-0.2, -0.15) is 0 Å². The second kappa shape index (κ2) is 7.22. The van der Waals surface area contributed by atoms with E-state index in [1.165, 1.54) is 0 Å². The summed E-state index contributed by atoms with van der Waals surface area (Å²) in [5.41, 5.74) is 7.02. The molecule has 5 heteroatoms. The third-order valence-corrected chi connectivity index (χ3v) is 3.79. The average Bonchev–Trinajstić information content (AvgIpc) is 2.38. The van der Waals surface area contributed by atoms with Gasteiger partial charge in [0.25, 0.3) is 0 Å². The minimum absolute atomic E-state index is 0.0230. The lowest BCUT2D eigenvalue weighted by molar-refractivity contribution is -0.115. The quantitative estimate of drug-likeness (QED) is 0.647. The molecule has 2 aromatic rings. The normalized spacial score (nSPS) is 10.2. The number of carbonyl (C=O) groups excluding carboxylic acids is 1. The van der Waals surface area contributed by atoms with Gasteiger partial charge < -0.3 is 11.1 Å². The van der Waals surface area contributed by atoms with E-state index in [4.69, 9.17) is 17.3 Å². The van der Waals surface area contributed by atoms with Gasteiger partial charge >= 0.3 is 0 Å². The summed E-state index contributed by atoms with van der Waals surface area (Å²) in [5.74, 6) is 0.680. The van der Waals surface area contributed by atoms with Gasteiger partial charge in [-0.25, -0.2) is 0 Å². The second-order valence-corrected chi connectivity index (χ2v) is 5.83. The predicted octanol–water partition coefficient (Wildman–Crippen LogP) is 4.04. The number of benzene rings is 2. The van der Waals surface area contributed by atoms with Gasteiger partial charge in [0.2, 0.25) is 5.91 Å². The first-order chi connectivity index (χ1) is 9.63. The molecule has 0 atom stereocenters. The van der Waals surface area contributed by atoms with Crippen molar-refractivity contribution in [3.05, 3.63) is 53.6 Å². The van der Waals surface area contributed by atoms with Gasteiger partial charge in [0.15, 0.2) is 0 Å². The maximum absolute atomic E-state index is 11.8. The van der Waals surface area contributed by atoms with Crippen LogP contribution in [0, 0.1) is 0 Å². The summed E-state index contributed by atoms with van der Waals surface area (Å²) in [5, 5.41) is 3.53. The van der Waals surface area contributed by atoms with Gasteiger partial charge in [0.1, 0.15) is 0 Å². The molecule has 1 amide bonds. The Hall–Kier alpha value is -1.65. The van der Waals surface area contributed by atoms with Crippen molar-refractivity contribution in [2.45, 2.75) is 11.3 Å². The fourth-order valence-corrected chi connectivity index (χ4v) is 2.82. The Kier molecular flexibility index (Phi) is 5.32. The molecule has 0 saturated carbocycles. The van der Waals surface area contributed by atoms with Crippen LogP contribution in [0.25, 0.3) is 0 Å². The van der Waals surface area contributed by atoms with E-state index in [0.717, 1.165) is 10.6 Å². The largest absolute Gasteiger partial charge is 0.399 e. The van der Waals surface area contributed by atoms with Crippen LogP contribution in [0.5, 0.6) is 0 Å². The van der Waals surface area contributed by atoms with Crippen LogP contribution in [0.4, 0.5) is 11.4 Å². The van der Waals surface area contributed by atoms with Crippen molar-refractivity contribution in [1.82, 2.24) is 0 Å². The maximum atomic E-state index is 11.8. The Balaban J connectivity index is 1.78. The van der Waals surface area contributed by atoms with Crippen LogP contribution in [-0.4, -0.2) is 11.7 Å². The van der Waals surface area contributed by atoms with E-state index in [1.54, 1.807) is 23.9 Å². The third-order valence-electron chi connectivity index (χ3n) is 2.56. The number of hydrogen-bond acceptors (Lipinski definition) is 3. The molecule has 2 aromatic carbocycles. The number of hydrogen-bond donors (Lipinski definition) is 2. The molecular formula is C15H15ClN2OS. The third kappa shape index (κ3) is 4.79. The van der Waals surface area contributed by atoms with Crippen molar-refractivity contribution < 1.29 is 4.79 Å². The molecule has 0 fully saturated rings. The monoisotopic (exact) mass is 306 g/mol. The zero-order valence-corrected chi connectivity index (χ0v) is 12.4. The lowest BCUT2D eigenvalue weighted by Gasteiger charge is -2.06. The molecule has 2 rings (SSSR count). The van der Waals surface area contributed by atoms with Crippen LogP contribution < -0.4 is 11.1 Å². The first-order valence-electron chi connectivity index (χ1n) is 6.17. The zero-order valence-electron chi connectivity index (χ0n) is 10.8. The summed E-state index contributed by atoms with van der Waals surface area (Å²) in [6, 6.07) is 14.8. The standard InChI is InChI=1S/C15H15ClN2OS/c16-11-3-1-6-14(9-11)20-8-7-15(19)18-13-5-2-4-12(17)10-13/h1-6,9-10H,7-8,17H2,(H,18,19). The van der Waals surface area contributed by atoms with Crippen LogP contribution in [0.1, 0.15) is 6.42 Å². The Bertz CT molecular complexity index is 604. The highest BCUT2D eigenvalue weighted by atomic mass is 35.5. The molecule has 0 aliphatic heterocycles. The second-order valence-electron chi connectivity index (χ2n) is 4.23. The van der Waals surface area contributed by atoms with E-state index < -0.39 is 0 Å². The predicted molar refractivity (Wildman–Crippen MR) is 86.3 cm³/mol. The number of nitrogens with one attached hydrogen (secondary N) is 1. The van der Waals surface area contributed by atoms with Gasteiger partial charge in [0, 0.05) is 33.5 Å². The van der Waals surface area contributed by atoms with Crippen molar-refractivity contribution in [1.29, 1.82) is 0 Å². The molecule has 0 unspecified atom stereocenters. The molecule has 0 aromatic heterocycles. The van der Waals surface area contributed by atoms with Crippen LogP contribution in [0.15, 0.2) is 53.4 Å². The lowest BCUT2D eigenvalue weighted by Crippen LogP contribution is -2.12. The highest BCUT2D eigenvalue weighted by Crippen LogP contribution is 2.22. The molecule has 3 N–H and O–H groups in total. The Morgan fingerprint density at radius 3 is 2.75 bits per heavy atom. The summed E-state index contributed by atoms with van der Waals surface area (Å²) >= 11 is 7.51. The van der Waals surface area contributed by atoms with Crippen molar-refractivity contribution in [2.75, 3.05) is 16.8 Å². The van der Waals surface area contributed by atoms with Crippen LogP contribution in [-0.2, 0) is 4.79 Å². The fourth-order valence-electron chi connectivity index (χ4n) is 1.66. The van der Waals surface area contributed by atoms with Crippen molar-refractivity contribution in [3.8, 4) is 0 Å². The molecule has 0 heterocycles. The summed E-state index contributed by atoms with van der Waals surface area (Å²) in [4.78, 5) is 12.9. The van der Waals surface area contributed by atoms with Crippen LogP contribution in [0.2, 0.25) is 5.02 Å². The summed E-state index contributed by atoms with van der Waals surface area (Å²) in [6.07, 6.45) is 0.436. The van der Waals surface area contributed by atoms with E-state index in [0.29, 0.717) is 22.9 Å². The number of thioether (sulfide) groups is 1.